The van der Waals surface area contributed by atoms with Crippen molar-refractivity contribution in [1.29, 1.82) is 5.26 Å². The van der Waals surface area contributed by atoms with Gasteiger partial charge in [0, 0.05) is 24.7 Å². The molecule has 0 bridgehead atoms. The summed E-state index contributed by atoms with van der Waals surface area (Å²) in [5.41, 5.74) is 2.96. The molecule has 0 saturated heterocycles. The van der Waals surface area contributed by atoms with Gasteiger partial charge in [-0.15, -0.1) is 0 Å². The normalized spacial score (nSPS) is 10.3. The first-order valence-corrected chi connectivity index (χ1v) is 10.8. The fraction of sp³-hybridized carbons (Fsp3) is 0.280. The van der Waals surface area contributed by atoms with Crippen molar-refractivity contribution in [3.05, 3.63) is 59.3 Å². The van der Waals surface area contributed by atoms with E-state index >= 15 is 0 Å². The highest BCUT2D eigenvalue weighted by Gasteiger charge is 2.21. The van der Waals surface area contributed by atoms with Crippen LogP contribution in [-0.4, -0.2) is 44.2 Å². The maximum absolute atomic E-state index is 12.6. The smallest absolute Gasteiger partial charge is 0.315 e. The van der Waals surface area contributed by atoms with Crippen molar-refractivity contribution in [2.75, 3.05) is 32.1 Å². The number of amides is 3. The number of rotatable bonds is 8. The molecule has 0 unspecified atom stereocenters. The SMILES string of the molecule is CCNC(=O)NCC(=O)N(C)c1ccc(OC)c(COc2ccc3nc(C)ccc3c2)c1C#N. The highest BCUT2D eigenvalue weighted by Crippen LogP contribution is 2.32. The standard InChI is InChI=1S/C25H27N5O4/c1-5-27-25(32)28-14-24(31)30(3)22-10-11-23(33-4)20(19(22)13-26)15-34-18-8-9-21-17(12-18)7-6-16(2)29-21/h6-12H,5,14-15H2,1-4H3,(H2,27,28,32). The molecule has 0 saturated carbocycles. The Balaban J connectivity index is 1.83. The molecule has 1 heterocycles. The number of hydrogen-bond acceptors (Lipinski definition) is 6. The molecule has 3 amide bonds. The molecule has 0 radical (unpaired) electrons. The molecule has 9 nitrogen and oxygen atoms in total. The number of methoxy groups -OCH3 is 1. The number of fused-ring (bicyclic) bond motifs is 1. The first kappa shape index (κ1) is 24.3. The van der Waals surface area contributed by atoms with E-state index in [1.807, 2.05) is 37.3 Å². The first-order chi connectivity index (χ1) is 16.4. The lowest BCUT2D eigenvalue weighted by atomic mass is 10.0. The number of nitrogens with zero attached hydrogens (tertiary/aromatic N) is 3. The van der Waals surface area contributed by atoms with Gasteiger partial charge in [0.2, 0.25) is 5.91 Å². The molecule has 9 heteroatoms. The molecule has 0 atom stereocenters. The molecule has 0 fully saturated rings. The third kappa shape index (κ3) is 5.53. The van der Waals surface area contributed by atoms with E-state index in [9.17, 15) is 14.9 Å². The van der Waals surface area contributed by atoms with E-state index in [0.29, 0.717) is 29.3 Å². The monoisotopic (exact) mass is 461 g/mol. The van der Waals surface area contributed by atoms with Crippen LogP contribution in [0.3, 0.4) is 0 Å². The Morgan fingerprint density at radius 1 is 1.15 bits per heavy atom. The second kappa shape index (κ2) is 11.0. The van der Waals surface area contributed by atoms with E-state index in [0.717, 1.165) is 16.6 Å². The van der Waals surface area contributed by atoms with E-state index in [-0.39, 0.29) is 24.6 Å². The van der Waals surface area contributed by atoms with E-state index < -0.39 is 6.03 Å². The van der Waals surface area contributed by atoms with Crippen molar-refractivity contribution < 1.29 is 19.1 Å². The number of urea groups is 1. The fourth-order valence-electron chi connectivity index (χ4n) is 3.44. The van der Waals surface area contributed by atoms with Gasteiger partial charge in [-0.2, -0.15) is 5.26 Å². The topological polar surface area (TPSA) is 117 Å². The number of carbonyl (C=O) groups is 2. The Labute approximate surface area is 198 Å². The van der Waals surface area contributed by atoms with Crippen LogP contribution < -0.4 is 25.0 Å². The molecule has 0 aliphatic heterocycles. The molecule has 0 spiro atoms. The van der Waals surface area contributed by atoms with E-state index in [1.165, 1.54) is 12.0 Å². The molecule has 3 aromatic rings. The number of likely N-dealkylation sites (N-methyl/N-ethyl adjacent to an activating group) is 1. The molecule has 0 aliphatic carbocycles. The van der Waals surface area contributed by atoms with E-state index in [4.69, 9.17) is 9.47 Å². The van der Waals surface area contributed by atoms with Gasteiger partial charge in [-0.3, -0.25) is 9.78 Å². The Morgan fingerprint density at radius 3 is 2.65 bits per heavy atom. The first-order valence-electron chi connectivity index (χ1n) is 10.8. The molecule has 3 rings (SSSR count). The summed E-state index contributed by atoms with van der Waals surface area (Å²) >= 11 is 0. The van der Waals surface area contributed by atoms with Crippen molar-refractivity contribution in [3.63, 3.8) is 0 Å². The third-order valence-corrected chi connectivity index (χ3v) is 5.24. The lowest BCUT2D eigenvalue weighted by molar-refractivity contribution is -0.117. The van der Waals surface area contributed by atoms with Gasteiger partial charge in [0.15, 0.2) is 0 Å². The second-order valence-corrected chi connectivity index (χ2v) is 7.51. The Hall–Kier alpha value is -4.32. The Kier molecular flexibility index (Phi) is 7.88. The number of ether oxygens (including phenoxy) is 2. The molecular formula is C25H27N5O4. The number of aromatic nitrogens is 1. The highest BCUT2D eigenvalue weighted by atomic mass is 16.5. The summed E-state index contributed by atoms with van der Waals surface area (Å²) in [7, 11) is 3.06. The maximum atomic E-state index is 12.6. The average molecular weight is 462 g/mol. The summed E-state index contributed by atoms with van der Waals surface area (Å²) in [4.78, 5) is 30.0. The fourth-order valence-corrected chi connectivity index (χ4v) is 3.44. The molecule has 176 valence electrons. The van der Waals surface area contributed by atoms with Gasteiger partial charge in [0.25, 0.3) is 0 Å². The summed E-state index contributed by atoms with van der Waals surface area (Å²) in [6.45, 7) is 4.01. The number of anilines is 1. The van der Waals surface area contributed by atoms with Crippen LogP contribution in [0.5, 0.6) is 11.5 Å². The zero-order valence-corrected chi connectivity index (χ0v) is 19.6. The number of carbonyl (C=O) groups excluding carboxylic acids is 2. The number of nitrogens with one attached hydrogen (secondary N) is 2. The van der Waals surface area contributed by atoms with Gasteiger partial charge in [-0.05, 0) is 50.2 Å². The minimum Gasteiger partial charge on any atom is -0.496 e. The zero-order valence-electron chi connectivity index (χ0n) is 19.6. The maximum Gasteiger partial charge on any atom is 0.315 e. The van der Waals surface area contributed by atoms with Crippen molar-refractivity contribution in [1.82, 2.24) is 15.6 Å². The predicted molar refractivity (Wildman–Crippen MR) is 129 cm³/mol. The van der Waals surface area contributed by atoms with Gasteiger partial charge >= 0.3 is 6.03 Å². The van der Waals surface area contributed by atoms with Crippen LogP contribution in [0, 0.1) is 18.3 Å². The lowest BCUT2D eigenvalue weighted by Crippen LogP contribution is -2.42. The number of benzene rings is 2. The quantitative estimate of drug-likeness (QED) is 0.532. The molecule has 2 aromatic carbocycles. The van der Waals surface area contributed by atoms with Crippen LogP contribution in [0.4, 0.5) is 10.5 Å². The average Bonchev–Trinajstić information content (AvgIpc) is 2.84. The van der Waals surface area contributed by atoms with E-state index in [1.54, 1.807) is 26.1 Å². The number of aryl methyl sites for hydroxylation is 1. The number of hydrogen-bond donors (Lipinski definition) is 2. The highest BCUT2D eigenvalue weighted by molar-refractivity contribution is 5.97. The van der Waals surface area contributed by atoms with Crippen molar-refractivity contribution in [2.24, 2.45) is 0 Å². The summed E-state index contributed by atoms with van der Waals surface area (Å²) in [5.74, 6) is 0.710. The predicted octanol–water partition coefficient (Wildman–Crippen LogP) is 3.28. The second-order valence-electron chi connectivity index (χ2n) is 7.51. The summed E-state index contributed by atoms with van der Waals surface area (Å²) in [5, 5.41) is 15.9. The molecule has 1 aromatic heterocycles. The van der Waals surface area contributed by atoms with Gasteiger partial charge < -0.3 is 25.0 Å². The van der Waals surface area contributed by atoms with Gasteiger partial charge in [0.1, 0.15) is 24.2 Å². The number of nitriles is 1. The van der Waals surface area contributed by atoms with Crippen LogP contribution in [0.25, 0.3) is 10.9 Å². The van der Waals surface area contributed by atoms with E-state index in [2.05, 4.69) is 21.7 Å². The Bertz CT molecular complexity index is 1250. The van der Waals surface area contributed by atoms with Gasteiger partial charge in [-0.25, -0.2) is 4.79 Å². The third-order valence-electron chi connectivity index (χ3n) is 5.24. The zero-order chi connectivity index (χ0) is 24.7. The minimum atomic E-state index is -0.436. The van der Waals surface area contributed by atoms with Crippen LogP contribution in [0.2, 0.25) is 0 Å². The molecule has 2 N–H and O–H groups in total. The van der Waals surface area contributed by atoms with Gasteiger partial charge in [-0.1, -0.05) is 6.07 Å². The van der Waals surface area contributed by atoms with Crippen LogP contribution in [0.15, 0.2) is 42.5 Å². The van der Waals surface area contributed by atoms with Crippen molar-refractivity contribution >= 4 is 28.5 Å². The van der Waals surface area contributed by atoms with Crippen LogP contribution >= 0.6 is 0 Å². The lowest BCUT2D eigenvalue weighted by Gasteiger charge is -2.22. The minimum absolute atomic E-state index is 0.0594. The summed E-state index contributed by atoms with van der Waals surface area (Å²) in [6, 6.07) is 14.5. The summed E-state index contributed by atoms with van der Waals surface area (Å²) < 4.78 is 11.4. The Morgan fingerprint density at radius 2 is 1.94 bits per heavy atom. The molecular weight excluding hydrogens is 434 g/mol. The van der Waals surface area contributed by atoms with Gasteiger partial charge in [0.05, 0.1) is 36.0 Å². The summed E-state index contributed by atoms with van der Waals surface area (Å²) in [6.07, 6.45) is 0. The van der Waals surface area contributed by atoms with Crippen molar-refractivity contribution in [2.45, 2.75) is 20.5 Å². The largest absolute Gasteiger partial charge is 0.496 e. The number of pyridine rings is 1. The van der Waals surface area contributed by atoms with Crippen LogP contribution in [-0.2, 0) is 11.4 Å². The molecule has 0 aliphatic rings. The van der Waals surface area contributed by atoms with Crippen molar-refractivity contribution in [3.8, 4) is 17.6 Å². The molecule has 34 heavy (non-hydrogen) atoms. The van der Waals surface area contributed by atoms with Crippen LogP contribution in [0.1, 0.15) is 23.7 Å².